The number of anilines is 1. The van der Waals surface area contributed by atoms with E-state index >= 15 is 0 Å². The van der Waals surface area contributed by atoms with E-state index in [1.165, 1.54) is 22.3 Å². The summed E-state index contributed by atoms with van der Waals surface area (Å²) in [5.41, 5.74) is 6.14. The van der Waals surface area contributed by atoms with Crippen molar-refractivity contribution in [2.45, 2.75) is 45.6 Å². The zero-order chi connectivity index (χ0) is 23.9. The fourth-order valence-electron chi connectivity index (χ4n) is 4.85. The summed E-state index contributed by atoms with van der Waals surface area (Å²) in [7, 11) is 0. The third-order valence-corrected chi connectivity index (χ3v) is 6.69. The van der Waals surface area contributed by atoms with Gasteiger partial charge in [0.1, 0.15) is 23.9 Å². The molecule has 0 spiro atoms. The summed E-state index contributed by atoms with van der Waals surface area (Å²) < 4.78 is 5.80. The average Bonchev–Trinajstić information content (AvgIpc) is 2.85. The van der Waals surface area contributed by atoms with Gasteiger partial charge in [0.05, 0.1) is 0 Å². The highest BCUT2D eigenvalue weighted by molar-refractivity contribution is 5.59. The predicted octanol–water partition coefficient (Wildman–Crippen LogP) is 5.39. The Morgan fingerprint density at radius 2 is 1.71 bits per heavy atom. The molecule has 1 aliphatic rings. The molecule has 0 aromatic heterocycles. The molecule has 0 saturated carbocycles. The molecule has 0 bridgehead atoms. The minimum Gasteiger partial charge on any atom is -0.508 e. The maximum absolute atomic E-state index is 10.3. The fourth-order valence-corrected chi connectivity index (χ4v) is 4.85. The molecule has 3 aromatic rings. The smallest absolute Gasteiger partial charge is 0.119 e. The molecule has 0 radical (unpaired) electrons. The Hall–Kier alpha value is -3.18. The molecule has 3 aromatic carbocycles. The second-order valence-electron chi connectivity index (χ2n) is 9.00. The highest BCUT2D eigenvalue weighted by atomic mass is 16.5. The summed E-state index contributed by atoms with van der Waals surface area (Å²) in [5, 5.41) is 23.4. The van der Waals surface area contributed by atoms with Crippen LogP contribution in [0, 0.1) is 0 Å². The normalized spacial score (nSPS) is 15.1. The average molecular weight is 461 g/mol. The molecule has 5 heteroatoms. The van der Waals surface area contributed by atoms with E-state index in [1.807, 2.05) is 24.3 Å². The van der Waals surface area contributed by atoms with Gasteiger partial charge in [-0.15, -0.1) is 0 Å². The van der Waals surface area contributed by atoms with Gasteiger partial charge in [0.15, 0.2) is 0 Å². The van der Waals surface area contributed by atoms with E-state index < -0.39 is 0 Å². The van der Waals surface area contributed by atoms with Crippen LogP contribution in [-0.2, 0) is 19.4 Å². The van der Waals surface area contributed by atoms with Crippen LogP contribution in [0.3, 0.4) is 0 Å². The van der Waals surface area contributed by atoms with Crippen molar-refractivity contribution in [1.82, 2.24) is 5.32 Å². The van der Waals surface area contributed by atoms with E-state index in [1.54, 1.807) is 12.1 Å². The number of phenols is 2. The van der Waals surface area contributed by atoms with Crippen LogP contribution in [0.25, 0.3) is 0 Å². The summed E-state index contributed by atoms with van der Waals surface area (Å²) in [5.74, 6) is 1.90. The van der Waals surface area contributed by atoms with E-state index in [0.29, 0.717) is 24.0 Å². The molecular weight excluding hydrogens is 424 g/mol. The molecule has 1 atom stereocenters. The number of aryl methyl sites for hydroxylation is 1. The molecule has 0 aliphatic heterocycles. The Kier molecular flexibility index (Phi) is 7.96. The van der Waals surface area contributed by atoms with E-state index in [4.69, 9.17) is 4.74 Å². The van der Waals surface area contributed by atoms with Crippen molar-refractivity contribution in [2.24, 2.45) is 0 Å². The van der Waals surface area contributed by atoms with Crippen molar-refractivity contribution in [3.05, 3.63) is 82.9 Å². The minimum absolute atomic E-state index is 0.294. The fraction of sp³-hybridized carbons (Fsp3) is 0.379. The minimum atomic E-state index is 0.294. The second-order valence-corrected chi connectivity index (χ2v) is 9.00. The Labute approximate surface area is 203 Å². The highest BCUT2D eigenvalue weighted by Crippen LogP contribution is 2.40. The number of benzene rings is 3. The highest BCUT2D eigenvalue weighted by Gasteiger charge is 2.24. The number of nitrogens with one attached hydrogen (secondary N) is 1. The zero-order valence-electron chi connectivity index (χ0n) is 20.3. The van der Waals surface area contributed by atoms with Gasteiger partial charge in [-0.1, -0.05) is 31.2 Å². The molecule has 4 rings (SSSR count). The van der Waals surface area contributed by atoms with Gasteiger partial charge in [-0.05, 0) is 91.2 Å². The molecule has 5 nitrogen and oxygen atoms in total. The van der Waals surface area contributed by atoms with E-state index in [-0.39, 0.29) is 0 Å². The molecule has 1 aliphatic carbocycles. The number of aromatic hydroxyl groups is 2. The molecule has 3 N–H and O–H groups in total. The van der Waals surface area contributed by atoms with E-state index in [9.17, 15) is 10.2 Å². The Morgan fingerprint density at radius 1 is 0.941 bits per heavy atom. The van der Waals surface area contributed by atoms with Crippen molar-refractivity contribution < 1.29 is 14.9 Å². The SMILES string of the molecule is CCNCCOc1ccc(CN(CC)c2cc(O)ccc2C2CCc3cc(O)ccc3C2)cc1. The molecule has 1 unspecified atom stereocenters. The summed E-state index contributed by atoms with van der Waals surface area (Å²) in [6, 6.07) is 19.8. The Morgan fingerprint density at radius 3 is 2.47 bits per heavy atom. The monoisotopic (exact) mass is 460 g/mol. The van der Waals surface area contributed by atoms with Crippen molar-refractivity contribution in [1.29, 1.82) is 0 Å². The van der Waals surface area contributed by atoms with E-state index in [2.05, 4.69) is 48.3 Å². The Bertz CT molecular complexity index is 1080. The van der Waals surface area contributed by atoms with Crippen molar-refractivity contribution >= 4 is 5.69 Å². The van der Waals surface area contributed by atoms with Crippen LogP contribution < -0.4 is 15.0 Å². The van der Waals surface area contributed by atoms with Gasteiger partial charge in [0.2, 0.25) is 0 Å². The first-order valence-electron chi connectivity index (χ1n) is 12.4. The van der Waals surface area contributed by atoms with Gasteiger partial charge < -0.3 is 25.2 Å². The number of likely N-dealkylation sites (N-methyl/N-ethyl adjacent to an activating group) is 1. The van der Waals surface area contributed by atoms with Gasteiger partial charge in [-0.3, -0.25) is 0 Å². The third kappa shape index (κ3) is 5.84. The lowest BCUT2D eigenvalue weighted by molar-refractivity contribution is 0.315. The standard InChI is InChI=1S/C29H36N2O3/c1-3-30-15-16-34-27-12-5-21(6-13-27)20-31(4-2)29-19-26(33)11-14-28(29)24-8-7-23-18-25(32)10-9-22(23)17-24/h5-6,9-14,18-19,24,30,32-33H,3-4,7-8,15-17,20H2,1-2H3. The van der Waals surface area contributed by atoms with Crippen molar-refractivity contribution in [3.63, 3.8) is 0 Å². The van der Waals surface area contributed by atoms with E-state index in [0.717, 1.165) is 56.9 Å². The van der Waals surface area contributed by atoms with Crippen LogP contribution in [0.2, 0.25) is 0 Å². The lowest BCUT2D eigenvalue weighted by Crippen LogP contribution is -2.25. The molecule has 34 heavy (non-hydrogen) atoms. The number of phenolic OH excluding ortho intramolecular Hbond substituents is 2. The van der Waals surface area contributed by atoms with Gasteiger partial charge >= 0.3 is 0 Å². The van der Waals surface area contributed by atoms with Gasteiger partial charge in [0.25, 0.3) is 0 Å². The first-order valence-corrected chi connectivity index (χ1v) is 12.4. The van der Waals surface area contributed by atoms with Crippen molar-refractivity contribution in [3.8, 4) is 17.2 Å². The second kappa shape index (κ2) is 11.3. The molecule has 180 valence electrons. The maximum Gasteiger partial charge on any atom is 0.119 e. The largest absolute Gasteiger partial charge is 0.508 e. The van der Waals surface area contributed by atoms with Crippen LogP contribution in [0.15, 0.2) is 60.7 Å². The first kappa shape index (κ1) is 24.0. The molecular formula is C29H36N2O3. The summed E-state index contributed by atoms with van der Waals surface area (Å²) in [4.78, 5) is 2.34. The van der Waals surface area contributed by atoms with Crippen LogP contribution in [0.1, 0.15) is 48.4 Å². The van der Waals surface area contributed by atoms with Crippen LogP contribution in [-0.4, -0.2) is 36.5 Å². The predicted molar refractivity (Wildman–Crippen MR) is 138 cm³/mol. The van der Waals surface area contributed by atoms with Crippen LogP contribution >= 0.6 is 0 Å². The number of fused-ring (bicyclic) bond motifs is 1. The summed E-state index contributed by atoms with van der Waals surface area (Å²) in [6.45, 7) is 8.30. The molecule has 0 saturated heterocycles. The summed E-state index contributed by atoms with van der Waals surface area (Å²) >= 11 is 0. The Balaban J connectivity index is 1.50. The number of nitrogens with zero attached hydrogens (tertiary/aromatic N) is 1. The van der Waals surface area contributed by atoms with Gasteiger partial charge in [-0.25, -0.2) is 0 Å². The quantitative estimate of drug-likeness (QED) is 0.354. The molecule has 0 amide bonds. The summed E-state index contributed by atoms with van der Waals surface area (Å²) in [6.07, 6.45) is 2.94. The number of rotatable bonds is 10. The van der Waals surface area contributed by atoms with Crippen LogP contribution in [0.5, 0.6) is 17.2 Å². The topological polar surface area (TPSA) is 65.0 Å². The van der Waals surface area contributed by atoms with Crippen LogP contribution in [0.4, 0.5) is 5.69 Å². The number of hydrogen-bond acceptors (Lipinski definition) is 5. The molecule has 0 heterocycles. The zero-order valence-corrected chi connectivity index (χ0v) is 20.3. The van der Waals surface area contributed by atoms with Gasteiger partial charge in [-0.2, -0.15) is 0 Å². The molecule has 0 fully saturated rings. The number of ether oxygens (including phenoxy) is 1. The third-order valence-electron chi connectivity index (χ3n) is 6.69. The van der Waals surface area contributed by atoms with Gasteiger partial charge in [0, 0.05) is 31.4 Å². The lowest BCUT2D eigenvalue weighted by atomic mass is 9.79. The lowest BCUT2D eigenvalue weighted by Gasteiger charge is -2.31. The number of hydrogen-bond donors (Lipinski definition) is 3. The first-order chi connectivity index (χ1) is 16.6. The maximum atomic E-state index is 10.3. The van der Waals surface area contributed by atoms with Crippen molar-refractivity contribution in [2.75, 3.05) is 31.1 Å².